The van der Waals surface area contributed by atoms with E-state index < -0.39 is 5.91 Å². The molecule has 0 bridgehead atoms. The molecular weight excluding hydrogens is 218 g/mol. The van der Waals surface area contributed by atoms with Crippen molar-refractivity contribution in [2.75, 3.05) is 19.7 Å². The van der Waals surface area contributed by atoms with Gasteiger partial charge < -0.3 is 15.8 Å². The third kappa shape index (κ3) is 3.21. The van der Waals surface area contributed by atoms with Crippen molar-refractivity contribution in [2.45, 2.75) is 6.42 Å². The minimum absolute atomic E-state index is 0.0987. The Kier molecular flexibility index (Phi) is 3.59. The van der Waals surface area contributed by atoms with Gasteiger partial charge in [-0.05, 0) is 30.7 Å². The number of amidine groups is 1. The molecule has 1 amide bonds. The van der Waals surface area contributed by atoms with Gasteiger partial charge in [0.15, 0.2) is 6.61 Å². The predicted molar refractivity (Wildman–Crippen MR) is 65.2 cm³/mol. The summed E-state index contributed by atoms with van der Waals surface area (Å²) in [5, 5.41) is 3.24. The van der Waals surface area contributed by atoms with Crippen LogP contribution in [0.5, 0.6) is 5.75 Å². The largest absolute Gasteiger partial charge is 0.484 e. The molecule has 3 N–H and O–H groups in total. The lowest BCUT2D eigenvalue weighted by Gasteiger charge is -2.14. The fraction of sp³-hybridized carbons (Fsp3) is 0.333. The summed E-state index contributed by atoms with van der Waals surface area (Å²) in [5.41, 5.74) is 6.02. The number of primary amides is 1. The van der Waals surface area contributed by atoms with E-state index in [1.54, 1.807) is 12.1 Å². The third-order valence-corrected chi connectivity index (χ3v) is 2.41. The van der Waals surface area contributed by atoms with Gasteiger partial charge in [0.25, 0.3) is 5.91 Å². The van der Waals surface area contributed by atoms with Crippen LogP contribution >= 0.6 is 0 Å². The average molecular weight is 233 g/mol. The normalized spacial score (nSPS) is 14.7. The van der Waals surface area contributed by atoms with Crippen LogP contribution in [0.1, 0.15) is 12.0 Å². The number of amides is 1. The van der Waals surface area contributed by atoms with Crippen molar-refractivity contribution in [3.63, 3.8) is 0 Å². The third-order valence-electron chi connectivity index (χ3n) is 2.41. The molecule has 2 rings (SSSR count). The molecule has 1 heterocycles. The van der Waals surface area contributed by atoms with Crippen LogP contribution in [-0.2, 0) is 4.79 Å². The molecule has 0 saturated carbocycles. The van der Waals surface area contributed by atoms with E-state index in [2.05, 4.69) is 10.3 Å². The second-order valence-corrected chi connectivity index (χ2v) is 3.79. The molecule has 0 spiro atoms. The second kappa shape index (κ2) is 5.34. The van der Waals surface area contributed by atoms with Gasteiger partial charge in [0.05, 0.1) is 0 Å². The van der Waals surface area contributed by atoms with Crippen molar-refractivity contribution in [3.8, 4) is 5.75 Å². The first-order valence-corrected chi connectivity index (χ1v) is 5.55. The Balaban J connectivity index is 2.02. The number of carbonyl (C=O) groups excluding carboxylic acids is 1. The Hall–Kier alpha value is -2.04. The molecule has 0 fully saturated rings. The Labute approximate surface area is 99.7 Å². The lowest BCUT2D eigenvalue weighted by Crippen LogP contribution is -2.30. The predicted octanol–water partition coefficient (Wildman–Crippen LogP) is 0.291. The number of aliphatic imine (C=N–C) groups is 1. The summed E-state index contributed by atoms with van der Waals surface area (Å²) in [7, 11) is 0. The van der Waals surface area contributed by atoms with E-state index in [9.17, 15) is 4.79 Å². The van der Waals surface area contributed by atoms with Gasteiger partial charge in [-0.3, -0.25) is 9.79 Å². The van der Waals surface area contributed by atoms with Gasteiger partial charge in [-0.25, -0.2) is 0 Å². The molecule has 0 aromatic heterocycles. The maximum atomic E-state index is 10.6. The molecule has 1 aromatic carbocycles. The molecule has 1 aromatic rings. The number of carbonyl (C=O) groups is 1. The zero-order valence-electron chi connectivity index (χ0n) is 9.48. The number of hydrogen-bond acceptors (Lipinski definition) is 4. The van der Waals surface area contributed by atoms with E-state index in [0.29, 0.717) is 5.75 Å². The molecule has 0 unspecified atom stereocenters. The van der Waals surface area contributed by atoms with E-state index in [1.807, 2.05) is 12.1 Å². The van der Waals surface area contributed by atoms with Gasteiger partial charge in [-0.15, -0.1) is 0 Å². The smallest absolute Gasteiger partial charge is 0.255 e. The van der Waals surface area contributed by atoms with Crippen LogP contribution in [0.4, 0.5) is 0 Å². The molecular formula is C12H15N3O2. The minimum atomic E-state index is -0.479. The Morgan fingerprint density at radius 2 is 2.18 bits per heavy atom. The van der Waals surface area contributed by atoms with Crippen LogP contribution in [0.25, 0.3) is 0 Å². The van der Waals surface area contributed by atoms with E-state index in [-0.39, 0.29) is 6.61 Å². The maximum Gasteiger partial charge on any atom is 0.255 e. The van der Waals surface area contributed by atoms with Crippen LogP contribution in [-0.4, -0.2) is 31.4 Å². The number of nitrogens with one attached hydrogen (secondary N) is 1. The Morgan fingerprint density at radius 1 is 1.41 bits per heavy atom. The molecule has 17 heavy (non-hydrogen) atoms. The molecule has 5 nitrogen and oxygen atoms in total. The molecule has 0 saturated heterocycles. The van der Waals surface area contributed by atoms with Crippen LogP contribution in [0.3, 0.4) is 0 Å². The van der Waals surface area contributed by atoms with Crippen LogP contribution in [0.15, 0.2) is 29.3 Å². The molecule has 0 atom stereocenters. The lowest BCUT2D eigenvalue weighted by molar-refractivity contribution is -0.119. The number of benzene rings is 1. The first kappa shape index (κ1) is 11.4. The summed E-state index contributed by atoms with van der Waals surface area (Å²) in [4.78, 5) is 14.9. The van der Waals surface area contributed by atoms with Gasteiger partial charge in [0.2, 0.25) is 0 Å². The fourth-order valence-corrected chi connectivity index (χ4v) is 1.59. The quantitative estimate of drug-likeness (QED) is 0.784. The minimum Gasteiger partial charge on any atom is -0.484 e. The SMILES string of the molecule is NC(=O)COc1ccc(C2=NCCCN2)cc1. The maximum absolute atomic E-state index is 10.6. The Bertz CT molecular complexity index is 426. The second-order valence-electron chi connectivity index (χ2n) is 3.79. The van der Waals surface area contributed by atoms with Crippen molar-refractivity contribution >= 4 is 11.7 Å². The number of rotatable bonds is 4. The highest BCUT2D eigenvalue weighted by Crippen LogP contribution is 2.13. The lowest BCUT2D eigenvalue weighted by atomic mass is 10.2. The summed E-state index contributed by atoms with van der Waals surface area (Å²) < 4.78 is 5.17. The highest BCUT2D eigenvalue weighted by molar-refractivity contribution is 5.99. The van der Waals surface area contributed by atoms with E-state index in [4.69, 9.17) is 10.5 Å². The standard InChI is InChI=1S/C12H15N3O2/c13-11(16)8-17-10-4-2-9(3-5-10)12-14-6-1-7-15-12/h2-5H,1,6-8H2,(H2,13,16)(H,14,15). The number of nitrogens with zero attached hydrogens (tertiary/aromatic N) is 1. The van der Waals surface area contributed by atoms with Crippen molar-refractivity contribution in [3.05, 3.63) is 29.8 Å². The summed E-state index contributed by atoms with van der Waals surface area (Å²) in [5.74, 6) is 1.06. The Morgan fingerprint density at radius 3 is 2.76 bits per heavy atom. The first-order chi connectivity index (χ1) is 8.25. The van der Waals surface area contributed by atoms with E-state index >= 15 is 0 Å². The summed E-state index contributed by atoms with van der Waals surface area (Å²) in [6, 6.07) is 7.43. The number of hydrogen-bond donors (Lipinski definition) is 2. The monoisotopic (exact) mass is 233 g/mol. The average Bonchev–Trinajstić information content (AvgIpc) is 2.38. The van der Waals surface area contributed by atoms with Crippen molar-refractivity contribution in [1.82, 2.24) is 5.32 Å². The van der Waals surface area contributed by atoms with Crippen molar-refractivity contribution in [2.24, 2.45) is 10.7 Å². The zero-order valence-corrected chi connectivity index (χ0v) is 9.48. The molecule has 5 heteroatoms. The number of nitrogens with two attached hydrogens (primary N) is 1. The van der Waals surface area contributed by atoms with Gasteiger partial charge in [-0.2, -0.15) is 0 Å². The summed E-state index contributed by atoms with van der Waals surface area (Å²) >= 11 is 0. The van der Waals surface area contributed by atoms with E-state index in [0.717, 1.165) is 30.9 Å². The van der Waals surface area contributed by atoms with Gasteiger partial charge >= 0.3 is 0 Å². The van der Waals surface area contributed by atoms with Gasteiger partial charge in [0, 0.05) is 18.7 Å². The summed E-state index contributed by atoms with van der Waals surface area (Å²) in [6.07, 6.45) is 1.07. The molecule has 1 aliphatic heterocycles. The van der Waals surface area contributed by atoms with E-state index in [1.165, 1.54) is 0 Å². The molecule has 0 aliphatic carbocycles. The molecule has 0 radical (unpaired) electrons. The van der Waals surface area contributed by atoms with Crippen LogP contribution in [0.2, 0.25) is 0 Å². The molecule has 90 valence electrons. The summed E-state index contributed by atoms with van der Waals surface area (Å²) in [6.45, 7) is 1.72. The van der Waals surface area contributed by atoms with Crippen molar-refractivity contribution in [1.29, 1.82) is 0 Å². The zero-order chi connectivity index (χ0) is 12.1. The van der Waals surface area contributed by atoms with Gasteiger partial charge in [0.1, 0.15) is 11.6 Å². The van der Waals surface area contributed by atoms with Gasteiger partial charge in [-0.1, -0.05) is 0 Å². The van der Waals surface area contributed by atoms with Crippen LogP contribution < -0.4 is 15.8 Å². The van der Waals surface area contributed by atoms with Crippen LogP contribution in [0, 0.1) is 0 Å². The molecule has 1 aliphatic rings. The highest BCUT2D eigenvalue weighted by Gasteiger charge is 2.06. The van der Waals surface area contributed by atoms with Crippen molar-refractivity contribution < 1.29 is 9.53 Å². The highest BCUT2D eigenvalue weighted by atomic mass is 16.5. The first-order valence-electron chi connectivity index (χ1n) is 5.55. The number of ether oxygens (including phenoxy) is 1. The topological polar surface area (TPSA) is 76.7 Å². The fourth-order valence-electron chi connectivity index (χ4n) is 1.59.